The first-order valence-corrected chi connectivity index (χ1v) is 31.8. The second kappa shape index (κ2) is 43.7. The van der Waals surface area contributed by atoms with Gasteiger partial charge < -0.3 is 113 Å². The van der Waals surface area contributed by atoms with Gasteiger partial charge in [-0.3, -0.25) is 72.5 Å². The first-order valence-electron chi connectivity index (χ1n) is 30.4. The lowest BCUT2D eigenvalue weighted by molar-refractivity contribution is -0.142. The molecule has 0 heterocycles. The van der Waals surface area contributed by atoms with Crippen molar-refractivity contribution in [1.82, 2.24) is 74.4 Å². The number of benzene rings is 1. The summed E-state index contributed by atoms with van der Waals surface area (Å²) in [6.45, 7) is 7.04. The Morgan fingerprint density at radius 2 is 0.917 bits per heavy atom. The topological polar surface area (TPSA) is 630 Å². The van der Waals surface area contributed by atoms with Crippen molar-refractivity contribution < 1.29 is 92.0 Å². The van der Waals surface area contributed by atoms with Crippen molar-refractivity contribution in [3.8, 4) is 5.75 Å². The van der Waals surface area contributed by atoms with Gasteiger partial charge in [-0.25, -0.2) is 9.59 Å². The maximum Gasteiger partial charge on any atom is 0.326 e. The number of carbonyl (C=O) groups is 16. The molecule has 536 valence electrons. The highest BCUT2D eigenvalue weighted by atomic mass is 32.2. The summed E-state index contributed by atoms with van der Waals surface area (Å²) in [6.07, 6.45) is -0.546. The summed E-state index contributed by atoms with van der Waals surface area (Å²) in [4.78, 5) is 207. The Labute approximate surface area is 557 Å². The Morgan fingerprint density at radius 3 is 1.43 bits per heavy atom. The SMILES string of the molecule is CSCC[C@H](NC(=O)[C@H](Cc1ccc(O)cc1)NC(=O)[C@H](C)N)C(=O)N[C@@H](CCCNC(N)=O)C(=O)N[C@@H](C)C(=O)N[C@@H](CC(=O)O)C(=O)N[C@@H](CCC(N)=O)C(=O)N[C@@H](C)C(=O)N[C@@H](C)C(=O)NCC(=O)NCC(=O)N[C@@H](CC(C)C)C(=O)N[C@@H](CCCNC(=N)N)C(=O)O. The van der Waals surface area contributed by atoms with Gasteiger partial charge in [-0.15, -0.1) is 0 Å². The van der Waals surface area contributed by atoms with Crippen LogP contribution in [0.4, 0.5) is 4.79 Å². The second-order valence-corrected chi connectivity index (χ2v) is 23.6. The molecule has 11 atom stereocenters. The van der Waals surface area contributed by atoms with Crippen LogP contribution in [0.5, 0.6) is 5.75 Å². The molecule has 0 aliphatic heterocycles. The number of primary amides is 2. The number of carbonyl (C=O) groups excluding carboxylic acids is 14. The van der Waals surface area contributed by atoms with Crippen molar-refractivity contribution in [2.45, 2.75) is 172 Å². The summed E-state index contributed by atoms with van der Waals surface area (Å²) in [5, 5.41) is 69.5. The number of amides is 15. The molecule has 0 unspecified atom stereocenters. The third-order valence-corrected chi connectivity index (χ3v) is 14.3. The second-order valence-electron chi connectivity index (χ2n) is 22.6. The Hall–Kier alpha value is -10.1. The highest BCUT2D eigenvalue weighted by Gasteiger charge is 2.35. The van der Waals surface area contributed by atoms with Crippen molar-refractivity contribution in [1.29, 1.82) is 5.41 Å². The zero-order chi connectivity index (χ0) is 72.9. The molecule has 0 fully saturated rings. The number of urea groups is 1. The Morgan fingerprint density at radius 1 is 0.479 bits per heavy atom. The van der Waals surface area contributed by atoms with Crippen LogP contribution in [0.2, 0.25) is 0 Å². The first-order chi connectivity index (χ1) is 44.9. The Balaban J connectivity index is 3.14. The number of guanidine groups is 1. The lowest BCUT2D eigenvalue weighted by atomic mass is 10.0. The van der Waals surface area contributed by atoms with Gasteiger partial charge in [0, 0.05) is 25.9 Å². The molecule has 1 rings (SSSR count). The molecule has 0 spiro atoms. The highest BCUT2D eigenvalue weighted by Crippen LogP contribution is 2.14. The standard InChI is InChI=1S/C57H93N19O19S/c1-27(2)22-38(52(90)74-37(55(93)94)11-9-19-63-56(60)61)70-43(80)26-65-42(79)25-66-46(84)29(4)67-47(85)30(5)68-50(88)35(16-17-41(59)78)72-54(92)40(24-44(81)82)76-48(86)31(6)69-49(87)34(10-8-20-64-57(62)95)71-51(89)36(18-21-96-7)73-53(91)39(75-45(83)28(3)58)23-32-12-14-33(77)15-13-32/h12-15,27-31,34-40,77H,8-11,16-26,58H2,1-7H3,(H2,59,78)(H,65,79)(H,66,84)(H,67,85)(H,68,88)(H,69,87)(H,70,80)(H,71,89)(H,72,92)(H,73,91)(H,74,90)(H,75,83)(H,76,86)(H,81,82)(H,93,94)(H4,60,61,63)(H3,62,64,95)/t28-,29-,30-,31-,34-,35-,36-,37-,38-,39-,40-/m0/s1. The van der Waals surface area contributed by atoms with Gasteiger partial charge in [-0.1, -0.05) is 26.0 Å². The van der Waals surface area contributed by atoms with Crippen molar-refractivity contribution in [3.63, 3.8) is 0 Å². The number of carboxylic acids is 2. The summed E-state index contributed by atoms with van der Waals surface area (Å²) in [5.41, 5.74) is 22.0. The van der Waals surface area contributed by atoms with E-state index in [1.54, 1.807) is 20.1 Å². The van der Waals surface area contributed by atoms with Crippen molar-refractivity contribution in [2.24, 2.45) is 28.9 Å². The number of phenols is 1. The van der Waals surface area contributed by atoms with Gasteiger partial charge >= 0.3 is 18.0 Å². The van der Waals surface area contributed by atoms with Crippen LogP contribution < -0.4 is 97.4 Å². The molecule has 0 radical (unpaired) electrons. The van der Waals surface area contributed by atoms with Gasteiger partial charge in [0.25, 0.3) is 0 Å². The van der Waals surface area contributed by atoms with Gasteiger partial charge in [-0.2, -0.15) is 11.8 Å². The molecule has 0 saturated carbocycles. The predicted molar refractivity (Wildman–Crippen MR) is 345 cm³/mol. The molecule has 15 amide bonds. The number of rotatable bonds is 45. The van der Waals surface area contributed by atoms with E-state index in [1.165, 1.54) is 49.9 Å². The van der Waals surface area contributed by atoms with Crippen LogP contribution in [0.3, 0.4) is 0 Å². The summed E-state index contributed by atoms with van der Waals surface area (Å²) >= 11 is 1.31. The fourth-order valence-electron chi connectivity index (χ4n) is 8.46. The number of phenolic OH excluding ortho intramolecular Hbond substituents is 1. The monoisotopic (exact) mass is 1380 g/mol. The fraction of sp³-hybridized carbons (Fsp3) is 0.596. The molecule has 0 saturated heterocycles. The molecule has 0 aromatic heterocycles. The van der Waals surface area contributed by atoms with Gasteiger partial charge in [0.1, 0.15) is 66.2 Å². The van der Waals surface area contributed by atoms with E-state index in [1.807, 2.05) is 0 Å². The summed E-state index contributed by atoms with van der Waals surface area (Å²) in [7, 11) is 0. The quantitative estimate of drug-likeness (QED) is 0.0164. The normalized spacial score (nSPS) is 14.3. The third-order valence-electron chi connectivity index (χ3n) is 13.7. The van der Waals surface area contributed by atoms with Crippen LogP contribution in [0, 0.1) is 11.3 Å². The molecule has 39 heteroatoms. The van der Waals surface area contributed by atoms with E-state index in [4.69, 9.17) is 28.3 Å². The van der Waals surface area contributed by atoms with E-state index < -0.39 is 194 Å². The van der Waals surface area contributed by atoms with Gasteiger partial charge in [0.05, 0.1) is 25.6 Å². The average molecular weight is 1380 g/mol. The predicted octanol–water partition coefficient (Wildman–Crippen LogP) is -7.24. The minimum Gasteiger partial charge on any atom is -0.508 e. The molecule has 26 N–H and O–H groups in total. The maximum atomic E-state index is 14.0. The molecule has 0 aliphatic carbocycles. The van der Waals surface area contributed by atoms with Crippen LogP contribution >= 0.6 is 11.8 Å². The number of nitrogens with two attached hydrogens (primary N) is 4. The first kappa shape index (κ1) is 83.9. The number of nitrogens with one attached hydrogen (secondary N) is 15. The van der Waals surface area contributed by atoms with Gasteiger partial charge in [-0.05, 0) is 108 Å². The van der Waals surface area contributed by atoms with E-state index in [0.29, 0.717) is 11.3 Å². The number of hydrogen-bond donors (Lipinski definition) is 22. The van der Waals surface area contributed by atoms with E-state index in [9.17, 15) is 92.0 Å². The number of aliphatic carboxylic acids is 2. The molecule has 38 nitrogen and oxygen atoms in total. The van der Waals surface area contributed by atoms with Crippen molar-refractivity contribution in [3.05, 3.63) is 29.8 Å². The third kappa shape index (κ3) is 34.7. The number of thioether (sulfide) groups is 1. The van der Waals surface area contributed by atoms with Gasteiger partial charge in [0.15, 0.2) is 5.96 Å². The number of hydrogen-bond acceptors (Lipinski definition) is 20. The maximum absolute atomic E-state index is 14.0. The molecule has 1 aromatic carbocycles. The Bertz CT molecular complexity index is 2900. The lowest BCUT2D eigenvalue weighted by Gasteiger charge is -2.27. The number of carboxylic acid groups (broad SMARTS) is 2. The molecule has 0 aliphatic rings. The molecule has 96 heavy (non-hydrogen) atoms. The smallest absolute Gasteiger partial charge is 0.326 e. The average Bonchev–Trinajstić information content (AvgIpc) is 0.965. The van der Waals surface area contributed by atoms with Crippen molar-refractivity contribution in [2.75, 3.05) is 38.2 Å². The van der Waals surface area contributed by atoms with E-state index >= 15 is 0 Å². The molecular formula is C57H93N19O19S. The fourth-order valence-corrected chi connectivity index (χ4v) is 8.93. The zero-order valence-electron chi connectivity index (χ0n) is 54.4. The molecule has 1 aromatic rings. The molecule has 0 bridgehead atoms. The van der Waals surface area contributed by atoms with Crippen LogP contribution in [0.1, 0.15) is 105 Å². The minimum absolute atomic E-state index is 0.00190. The van der Waals surface area contributed by atoms with Gasteiger partial charge in [0.2, 0.25) is 76.8 Å². The number of aromatic hydroxyl groups is 1. The summed E-state index contributed by atoms with van der Waals surface area (Å²) in [5.74, 6) is -15.7. The van der Waals surface area contributed by atoms with E-state index in [0.717, 1.165) is 13.8 Å². The highest BCUT2D eigenvalue weighted by molar-refractivity contribution is 7.98. The molecular weight excluding hydrogens is 1290 g/mol. The Kier molecular flexibility index (Phi) is 38.2. The minimum atomic E-state index is -2.00. The summed E-state index contributed by atoms with van der Waals surface area (Å²) in [6, 6.07) is -11.1. The van der Waals surface area contributed by atoms with E-state index in [-0.39, 0.29) is 75.7 Å². The van der Waals surface area contributed by atoms with Crippen LogP contribution in [0.15, 0.2) is 24.3 Å². The zero-order valence-corrected chi connectivity index (χ0v) is 55.3. The van der Waals surface area contributed by atoms with Crippen LogP contribution in [-0.4, -0.2) is 221 Å². The van der Waals surface area contributed by atoms with Crippen molar-refractivity contribution >= 4 is 112 Å². The lowest BCUT2D eigenvalue weighted by Crippen LogP contribution is -2.60. The largest absolute Gasteiger partial charge is 0.508 e. The summed E-state index contributed by atoms with van der Waals surface area (Å²) < 4.78 is 0. The van der Waals surface area contributed by atoms with E-state index in [2.05, 4.69) is 74.4 Å². The van der Waals surface area contributed by atoms with Crippen LogP contribution in [-0.2, 0) is 78.3 Å². The van der Waals surface area contributed by atoms with Crippen LogP contribution in [0.25, 0.3) is 0 Å².